The fourth-order valence-corrected chi connectivity index (χ4v) is 2.54. The van der Waals surface area contributed by atoms with Crippen LogP contribution in [0.1, 0.15) is 25.3 Å². The number of ether oxygens (including phenoxy) is 1. The first-order chi connectivity index (χ1) is 9.24. The smallest absolute Gasteiger partial charge is 0.212 e. The van der Waals surface area contributed by atoms with E-state index >= 15 is 0 Å². The van der Waals surface area contributed by atoms with Crippen molar-refractivity contribution in [1.29, 1.82) is 0 Å². The minimum Gasteiger partial charge on any atom is -0.481 e. The van der Waals surface area contributed by atoms with Crippen LogP contribution in [0.25, 0.3) is 0 Å². The fraction of sp³-hybridized carbons (Fsp3) is 0.438. The molecule has 0 saturated heterocycles. The summed E-state index contributed by atoms with van der Waals surface area (Å²) in [7, 11) is 1.64. The molecule has 0 saturated carbocycles. The van der Waals surface area contributed by atoms with Gasteiger partial charge in [0.05, 0.1) is 7.11 Å². The van der Waals surface area contributed by atoms with Crippen molar-refractivity contribution in [2.24, 2.45) is 0 Å². The third kappa shape index (κ3) is 3.44. The van der Waals surface area contributed by atoms with Gasteiger partial charge in [0.2, 0.25) is 5.88 Å². The maximum absolute atomic E-state index is 5.09. The van der Waals surface area contributed by atoms with Crippen LogP contribution < -0.4 is 4.74 Å². The molecule has 19 heavy (non-hydrogen) atoms. The molecule has 102 valence electrons. The van der Waals surface area contributed by atoms with Gasteiger partial charge in [0, 0.05) is 30.9 Å². The van der Waals surface area contributed by atoms with Crippen LogP contribution >= 0.6 is 0 Å². The Bertz CT molecular complexity index is 439. The summed E-state index contributed by atoms with van der Waals surface area (Å²) in [5.41, 5.74) is 1.22. The van der Waals surface area contributed by atoms with Gasteiger partial charge in [-0.15, -0.1) is 6.58 Å². The predicted molar refractivity (Wildman–Crippen MR) is 78.2 cm³/mol. The first kappa shape index (κ1) is 13.8. The van der Waals surface area contributed by atoms with Crippen molar-refractivity contribution in [2.75, 3.05) is 7.11 Å². The van der Waals surface area contributed by atoms with Gasteiger partial charge >= 0.3 is 0 Å². The minimum absolute atomic E-state index is 0.459. The van der Waals surface area contributed by atoms with E-state index in [4.69, 9.17) is 4.74 Å². The van der Waals surface area contributed by atoms with Crippen molar-refractivity contribution in [3.05, 3.63) is 48.7 Å². The third-order valence-electron chi connectivity index (χ3n) is 3.63. The standard InChI is InChI=1S/C16H22N2O/c1-4-6-15-8-5-7-13(2)18(15)12-14-9-10-16(19-3)17-11-14/h4-5,7,9-11,13,15H,1,6,8,12H2,2-3H3/t13-,15-/m1/s1. The van der Waals surface area contributed by atoms with E-state index in [2.05, 4.69) is 41.6 Å². The molecule has 1 aromatic rings. The Morgan fingerprint density at radius 3 is 3.00 bits per heavy atom. The van der Waals surface area contributed by atoms with Crippen LogP contribution in [0.5, 0.6) is 5.88 Å². The second-order valence-corrected chi connectivity index (χ2v) is 4.96. The van der Waals surface area contributed by atoms with E-state index in [1.54, 1.807) is 7.11 Å². The highest BCUT2D eigenvalue weighted by atomic mass is 16.5. The zero-order valence-corrected chi connectivity index (χ0v) is 11.7. The Labute approximate surface area is 115 Å². The molecular formula is C16H22N2O. The van der Waals surface area contributed by atoms with E-state index < -0.39 is 0 Å². The average molecular weight is 258 g/mol. The molecule has 2 atom stereocenters. The normalized spacial score (nSPS) is 23.3. The van der Waals surface area contributed by atoms with Gasteiger partial charge in [-0.05, 0) is 25.3 Å². The highest BCUT2D eigenvalue weighted by molar-refractivity contribution is 5.18. The molecule has 3 heteroatoms. The van der Waals surface area contributed by atoms with Crippen LogP contribution in [0.4, 0.5) is 0 Å². The van der Waals surface area contributed by atoms with Crippen LogP contribution in [-0.4, -0.2) is 29.1 Å². The summed E-state index contributed by atoms with van der Waals surface area (Å²) < 4.78 is 5.09. The number of nitrogens with zero attached hydrogens (tertiary/aromatic N) is 2. The van der Waals surface area contributed by atoms with Gasteiger partial charge < -0.3 is 4.74 Å². The second-order valence-electron chi connectivity index (χ2n) is 4.96. The van der Waals surface area contributed by atoms with Gasteiger partial charge in [-0.1, -0.05) is 24.3 Å². The molecule has 1 aromatic heterocycles. The zero-order chi connectivity index (χ0) is 13.7. The highest BCUT2D eigenvalue weighted by Crippen LogP contribution is 2.22. The van der Waals surface area contributed by atoms with Gasteiger partial charge in [0.1, 0.15) is 0 Å². The third-order valence-corrected chi connectivity index (χ3v) is 3.63. The zero-order valence-electron chi connectivity index (χ0n) is 11.7. The van der Waals surface area contributed by atoms with Gasteiger partial charge in [0.25, 0.3) is 0 Å². The SMILES string of the molecule is C=CC[C@@H]1CC=C[C@@H](C)N1Cc1ccc(OC)nc1. The van der Waals surface area contributed by atoms with Crippen molar-refractivity contribution in [3.8, 4) is 5.88 Å². The first-order valence-corrected chi connectivity index (χ1v) is 6.76. The average Bonchev–Trinajstić information content (AvgIpc) is 2.44. The Hall–Kier alpha value is -1.61. The molecule has 0 aliphatic carbocycles. The summed E-state index contributed by atoms with van der Waals surface area (Å²) in [4.78, 5) is 6.78. The summed E-state index contributed by atoms with van der Waals surface area (Å²) in [5, 5.41) is 0. The van der Waals surface area contributed by atoms with Crippen molar-refractivity contribution in [2.45, 2.75) is 38.4 Å². The molecular weight excluding hydrogens is 236 g/mol. The Kier molecular flexibility index (Phi) is 4.74. The van der Waals surface area contributed by atoms with Crippen LogP contribution in [-0.2, 0) is 6.54 Å². The topological polar surface area (TPSA) is 25.4 Å². The van der Waals surface area contributed by atoms with E-state index in [9.17, 15) is 0 Å². The maximum Gasteiger partial charge on any atom is 0.212 e. The van der Waals surface area contributed by atoms with Crippen LogP contribution in [0.15, 0.2) is 43.1 Å². The van der Waals surface area contributed by atoms with Gasteiger partial charge in [0.15, 0.2) is 0 Å². The van der Waals surface area contributed by atoms with Crippen LogP contribution in [0, 0.1) is 0 Å². The molecule has 0 unspecified atom stereocenters. The molecule has 2 rings (SSSR count). The van der Waals surface area contributed by atoms with Crippen molar-refractivity contribution < 1.29 is 4.74 Å². The van der Waals surface area contributed by atoms with Crippen molar-refractivity contribution >= 4 is 0 Å². The van der Waals surface area contributed by atoms with Crippen LogP contribution in [0.3, 0.4) is 0 Å². The summed E-state index contributed by atoms with van der Waals surface area (Å²) >= 11 is 0. The lowest BCUT2D eigenvalue weighted by Crippen LogP contribution is -2.42. The lowest BCUT2D eigenvalue weighted by molar-refractivity contribution is 0.150. The fourth-order valence-electron chi connectivity index (χ4n) is 2.54. The molecule has 0 N–H and O–H groups in total. The van der Waals surface area contributed by atoms with Gasteiger partial charge in [-0.3, -0.25) is 4.90 Å². The number of pyridine rings is 1. The molecule has 2 heterocycles. The number of methoxy groups -OCH3 is 1. The van der Waals surface area contributed by atoms with Crippen molar-refractivity contribution in [3.63, 3.8) is 0 Å². The number of hydrogen-bond donors (Lipinski definition) is 0. The molecule has 0 amide bonds. The number of aromatic nitrogens is 1. The molecule has 0 aromatic carbocycles. The maximum atomic E-state index is 5.09. The van der Waals surface area contributed by atoms with E-state index in [0.29, 0.717) is 18.0 Å². The highest BCUT2D eigenvalue weighted by Gasteiger charge is 2.23. The van der Waals surface area contributed by atoms with Crippen LogP contribution in [0.2, 0.25) is 0 Å². The van der Waals surface area contributed by atoms with Gasteiger partial charge in [-0.25, -0.2) is 4.98 Å². The largest absolute Gasteiger partial charge is 0.481 e. The Morgan fingerprint density at radius 1 is 1.53 bits per heavy atom. The summed E-state index contributed by atoms with van der Waals surface area (Å²) in [6, 6.07) is 5.00. The molecule has 0 bridgehead atoms. The monoisotopic (exact) mass is 258 g/mol. The van der Waals surface area contributed by atoms with Gasteiger partial charge in [-0.2, -0.15) is 0 Å². The van der Waals surface area contributed by atoms with E-state index in [1.165, 1.54) is 5.56 Å². The molecule has 0 spiro atoms. The predicted octanol–water partition coefficient (Wildman–Crippen LogP) is 3.19. The minimum atomic E-state index is 0.459. The summed E-state index contributed by atoms with van der Waals surface area (Å²) in [6.45, 7) is 7.02. The summed E-state index contributed by atoms with van der Waals surface area (Å²) in [6.07, 6.45) is 10.6. The second kappa shape index (κ2) is 6.53. The Morgan fingerprint density at radius 2 is 2.37 bits per heavy atom. The molecule has 1 aliphatic rings. The molecule has 1 aliphatic heterocycles. The van der Waals surface area contributed by atoms with E-state index in [-0.39, 0.29) is 0 Å². The first-order valence-electron chi connectivity index (χ1n) is 6.76. The molecule has 0 fully saturated rings. The lowest BCUT2D eigenvalue weighted by atomic mass is 9.99. The van der Waals surface area contributed by atoms with E-state index in [0.717, 1.165) is 19.4 Å². The lowest BCUT2D eigenvalue weighted by Gasteiger charge is -2.37. The number of hydrogen-bond acceptors (Lipinski definition) is 3. The quantitative estimate of drug-likeness (QED) is 0.758. The molecule has 3 nitrogen and oxygen atoms in total. The Balaban J connectivity index is 2.09. The number of rotatable bonds is 5. The summed E-state index contributed by atoms with van der Waals surface area (Å²) in [5.74, 6) is 0.665. The molecule has 0 radical (unpaired) electrons. The van der Waals surface area contributed by atoms with E-state index in [1.807, 2.05) is 18.3 Å². The van der Waals surface area contributed by atoms with Crippen molar-refractivity contribution in [1.82, 2.24) is 9.88 Å².